The third-order valence-corrected chi connectivity index (χ3v) is 3.47. The molecule has 0 radical (unpaired) electrons. The highest BCUT2D eigenvalue weighted by Gasteiger charge is 2.17. The van der Waals surface area contributed by atoms with Gasteiger partial charge in [0.2, 0.25) is 0 Å². The molecule has 1 aromatic carbocycles. The molecule has 0 amide bonds. The average Bonchev–Trinajstić information content (AvgIpc) is 2.28. The molecule has 0 aliphatic carbocycles. The van der Waals surface area contributed by atoms with E-state index in [4.69, 9.17) is 0 Å². The van der Waals surface area contributed by atoms with Gasteiger partial charge in [0.05, 0.1) is 0 Å². The Morgan fingerprint density at radius 3 is 2.28 bits per heavy atom. The fourth-order valence-corrected chi connectivity index (χ4v) is 2.28. The predicted molar refractivity (Wildman–Crippen MR) is 76.8 cm³/mol. The van der Waals surface area contributed by atoms with Crippen LogP contribution < -0.4 is 5.32 Å². The van der Waals surface area contributed by atoms with Crippen LogP contribution in [0.1, 0.15) is 32.4 Å². The maximum atomic E-state index is 9.81. The quantitative estimate of drug-likeness (QED) is 0.814. The van der Waals surface area contributed by atoms with Crippen molar-refractivity contribution in [2.75, 3.05) is 20.6 Å². The molecule has 0 bridgehead atoms. The van der Waals surface area contributed by atoms with E-state index in [2.05, 4.69) is 45.1 Å². The van der Waals surface area contributed by atoms with E-state index < -0.39 is 0 Å². The smallest absolute Gasteiger partial charge is 0.120 e. The molecule has 0 aliphatic heterocycles. The van der Waals surface area contributed by atoms with Gasteiger partial charge in [0.1, 0.15) is 5.75 Å². The monoisotopic (exact) mass is 250 g/mol. The highest BCUT2D eigenvalue weighted by molar-refractivity contribution is 5.34. The van der Waals surface area contributed by atoms with E-state index in [-0.39, 0.29) is 6.04 Å². The third-order valence-electron chi connectivity index (χ3n) is 3.47. The molecule has 1 aromatic rings. The topological polar surface area (TPSA) is 35.5 Å². The summed E-state index contributed by atoms with van der Waals surface area (Å²) in [5.74, 6) is 0.965. The van der Waals surface area contributed by atoms with Crippen molar-refractivity contribution in [3.05, 3.63) is 29.8 Å². The Bertz CT molecular complexity index is 355. The van der Waals surface area contributed by atoms with Crippen molar-refractivity contribution < 1.29 is 5.11 Å². The Kier molecular flexibility index (Phi) is 5.63. The highest BCUT2D eigenvalue weighted by Crippen LogP contribution is 2.23. The van der Waals surface area contributed by atoms with Gasteiger partial charge < -0.3 is 15.3 Å². The summed E-state index contributed by atoms with van der Waals surface area (Å²) in [6, 6.07) is 8.17. The fourth-order valence-electron chi connectivity index (χ4n) is 2.28. The summed E-state index contributed by atoms with van der Waals surface area (Å²) in [6.07, 6.45) is 0. The van der Waals surface area contributed by atoms with Crippen LogP contribution in [0.2, 0.25) is 0 Å². The Morgan fingerprint density at radius 1 is 1.17 bits per heavy atom. The molecule has 3 nitrogen and oxygen atoms in total. The number of nitrogens with one attached hydrogen (secondary N) is 1. The summed E-state index contributed by atoms with van der Waals surface area (Å²) in [6.45, 7) is 7.47. The zero-order valence-electron chi connectivity index (χ0n) is 12.1. The second kappa shape index (κ2) is 6.76. The molecular formula is C15H26N2O. The van der Waals surface area contributed by atoms with Gasteiger partial charge >= 0.3 is 0 Å². The van der Waals surface area contributed by atoms with E-state index in [0.29, 0.717) is 17.7 Å². The zero-order valence-corrected chi connectivity index (χ0v) is 12.1. The average molecular weight is 250 g/mol. The standard InChI is InChI=1S/C15H26N2O/c1-11(2)14(17(4)5)10-16-12(3)13-8-6-7-9-15(13)18/h6-9,11-12,14,16,18H,10H2,1-5H3. The lowest BCUT2D eigenvalue weighted by atomic mass is 10.0. The summed E-state index contributed by atoms with van der Waals surface area (Å²) >= 11 is 0. The molecule has 18 heavy (non-hydrogen) atoms. The van der Waals surface area contributed by atoms with Gasteiger partial charge in [-0.3, -0.25) is 0 Å². The van der Waals surface area contributed by atoms with E-state index in [9.17, 15) is 5.11 Å². The predicted octanol–water partition coefficient (Wildman–Crippen LogP) is 2.63. The Hall–Kier alpha value is -1.06. The molecule has 102 valence electrons. The van der Waals surface area contributed by atoms with Crippen LogP contribution in [0.25, 0.3) is 0 Å². The van der Waals surface area contributed by atoms with Crippen molar-refractivity contribution >= 4 is 0 Å². The molecule has 0 spiro atoms. The van der Waals surface area contributed by atoms with Gasteiger partial charge in [-0.1, -0.05) is 32.0 Å². The number of para-hydroxylation sites is 1. The van der Waals surface area contributed by atoms with Gasteiger partial charge in [0.15, 0.2) is 0 Å². The molecule has 0 aliphatic rings. The lowest BCUT2D eigenvalue weighted by molar-refractivity contribution is 0.219. The van der Waals surface area contributed by atoms with Crippen molar-refractivity contribution in [1.82, 2.24) is 10.2 Å². The summed E-state index contributed by atoms with van der Waals surface area (Å²) in [4.78, 5) is 2.25. The Labute approximate surface area is 111 Å². The molecule has 2 unspecified atom stereocenters. The number of nitrogens with zero attached hydrogens (tertiary/aromatic N) is 1. The van der Waals surface area contributed by atoms with Crippen LogP contribution in [0.15, 0.2) is 24.3 Å². The number of rotatable bonds is 6. The Morgan fingerprint density at radius 2 is 1.78 bits per heavy atom. The molecule has 0 heterocycles. The molecular weight excluding hydrogens is 224 g/mol. The molecule has 2 N–H and O–H groups in total. The van der Waals surface area contributed by atoms with Crippen molar-refractivity contribution in [3.8, 4) is 5.75 Å². The minimum absolute atomic E-state index is 0.160. The SMILES string of the molecule is CC(NCC(C(C)C)N(C)C)c1ccccc1O. The van der Waals surface area contributed by atoms with E-state index in [1.54, 1.807) is 6.07 Å². The molecule has 0 saturated heterocycles. The lowest BCUT2D eigenvalue weighted by Gasteiger charge is -2.29. The third kappa shape index (κ3) is 4.00. The number of hydrogen-bond acceptors (Lipinski definition) is 3. The van der Waals surface area contributed by atoms with Crippen molar-refractivity contribution in [2.45, 2.75) is 32.9 Å². The summed E-state index contributed by atoms with van der Waals surface area (Å²) < 4.78 is 0. The number of benzene rings is 1. The van der Waals surface area contributed by atoms with Crippen LogP contribution in [0.5, 0.6) is 5.75 Å². The first kappa shape index (κ1) is 15.0. The van der Waals surface area contributed by atoms with Crippen LogP contribution in [0.3, 0.4) is 0 Å². The van der Waals surface area contributed by atoms with E-state index in [1.807, 2.05) is 18.2 Å². The van der Waals surface area contributed by atoms with E-state index in [0.717, 1.165) is 12.1 Å². The van der Waals surface area contributed by atoms with Crippen LogP contribution in [0.4, 0.5) is 0 Å². The van der Waals surface area contributed by atoms with Crippen LogP contribution in [-0.2, 0) is 0 Å². The number of likely N-dealkylation sites (N-methyl/N-ethyl adjacent to an activating group) is 1. The minimum Gasteiger partial charge on any atom is -0.508 e. The fraction of sp³-hybridized carbons (Fsp3) is 0.600. The molecule has 2 atom stereocenters. The largest absolute Gasteiger partial charge is 0.508 e. The first-order chi connectivity index (χ1) is 8.43. The lowest BCUT2D eigenvalue weighted by Crippen LogP contribution is -2.42. The van der Waals surface area contributed by atoms with Crippen molar-refractivity contribution in [3.63, 3.8) is 0 Å². The van der Waals surface area contributed by atoms with Gasteiger partial charge in [-0.2, -0.15) is 0 Å². The van der Waals surface area contributed by atoms with Crippen LogP contribution >= 0.6 is 0 Å². The first-order valence-corrected chi connectivity index (χ1v) is 6.61. The molecule has 0 saturated carbocycles. The maximum absolute atomic E-state index is 9.81. The molecule has 0 fully saturated rings. The number of phenols is 1. The first-order valence-electron chi connectivity index (χ1n) is 6.61. The molecule has 3 heteroatoms. The van der Waals surface area contributed by atoms with E-state index in [1.165, 1.54) is 0 Å². The second-order valence-electron chi connectivity index (χ2n) is 5.46. The van der Waals surface area contributed by atoms with Crippen LogP contribution in [0, 0.1) is 5.92 Å². The summed E-state index contributed by atoms with van der Waals surface area (Å²) in [5, 5.41) is 13.3. The Balaban J connectivity index is 2.60. The van der Waals surface area contributed by atoms with Gasteiger partial charge in [0, 0.05) is 24.2 Å². The summed E-state index contributed by atoms with van der Waals surface area (Å²) in [5.41, 5.74) is 0.957. The van der Waals surface area contributed by atoms with Gasteiger partial charge in [-0.05, 0) is 33.0 Å². The number of aromatic hydroxyl groups is 1. The van der Waals surface area contributed by atoms with E-state index >= 15 is 0 Å². The molecule has 1 rings (SSSR count). The van der Waals surface area contributed by atoms with Gasteiger partial charge in [-0.25, -0.2) is 0 Å². The zero-order chi connectivity index (χ0) is 13.7. The van der Waals surface area contributed by atoms with Gasteiger partial charge in [0.25, 0.3) is 0 Å². The highest BCUT2D eigenvalue weighted by atomic mass is 16.3. The molecule has 0 aromatic heterocycles. The summed E-state index contributed by atoms with van der Waals surface area (Å²) in [7, 11) is 4.22. The maximum Gasteiger partial charge on any atom is 0.120 e. The minimum atomic E-state index is 0.160. The van der Waals surface area contributed by atoms with Crippen LogP contribution in [-0.4, -0.2) is 36.7 Å². The number of phenolic OH excluding ortho intramolecular Hbond substituents is 1. The second-order valence-corrected chi connectivity index (χ2v) is 5.46. The normalized spacial score (nSPS) is 15.1. The number of hydrogen-bond donors (Lipinski definition) is 2. The van der Waals surface area contributed by atoms with Crippen molar-refractivity contribution in [2.24, 2.45) is 5.92 Å². The van der Waals surface area contributed by atoms with Gasteiger partial charge in [-0.15, -0.1) is 0 Å². The van der Waals surface area contributed by atoms with Crippen molar-refractivity contribution in [1.29, 1.82) is 0 Å².